The van der Waals surface area contributed by atoms with Crippen molar-refractivity contribution >= 4 is 35.3 Å². The summed E-state index contributed by atoms with van der Waals surface area (Å²) in [4.78, 5) is 23.6. The Kier molecular flexibility index (Phi) is 5.76. The number of halogens is 1. The van der Waals surface area contributed by atoms with Crippen LogP contribution in [0.25, 0.3) is 0 Å². The van der Waals surface area contributed by atoms with Gasteiger partial charge in [-0.3, -0.25) is 4.79 Å². The summed E-state index contributed by atoms with van der Waals surface area (Å²) in [7, 11) is 0. The molecule has 114 valence electrons. The lowest BCUT2D eigenvalue weighted by Crippen LogP contribution is -2.39. The number of primary amides is 1. The second-order valence-corrected chi connectivity index (χ2v) is 6.42. The molecule has 4 N–H and O–H groups in total. The molecule has 0 saturated heterocycles. The van der Waals surface area contributed by atoms with Crippen molar-refractivity contribution in [2.24, 2.45) is 5.73 Å². The summed E-state index contributed by atoms with van der Waals surface area (Å²) in [5.74, 6) is 0.603. The Bertz CT molecular complexity index is 539. The Labute approximate surface area is 133 Å². The van der Waals surface area contributed by atoms with Gasteiger partial charge in [0, 0.05) is 28.6 Å². The summed E-state index contributed by atoms with van der Waals surface area (Å²) in [6.07, 6.45) is 1.69. The standard InChI is InChI=1S/C14H18ClN3O2S/c15-9-3-4-12-10(8-9)11(5-7-21-12)18-14(20)17-6-1-2-13(16)19/h3-4,8,11H,1-2,5-7H2,(H2,16,19)(H2,17,18,20)/t11-/m0/s1. The summed E-state index contributed by atoms with van der Waals surface area (Å²) >= 11 is 7.80. The van der Waals surface area contributed by atoms with Gasteiger partial charge in [-0.05, 0) is 36.6 Å². The highest BCUT2D eigenvalue weighted by atomic mass is 35.5. The number of carbonyl (C=O) groups is 2. The van der Waals surface area contributed by atoms with E-state index in [2.05, 4.69) is 10.6 Å². The first-order valence-electron chi connectivity index (χ1n) is 6.81. The van der Waals surface area contributed by atoms with Gasteiger partial charge in [0.2, 0.25) is 5.91 Å². The van der Waals surface area contributed by atoms with Crippen LogP contribution >= 0.6 is 23.4 Å². The monoisotopic (exact) mass is 327 g/mol. The van der Waals surface area contributed by atoms with Crippen LogP contribution in [0.2, 0.25) is 5.02 Å². The molecule has 0 unspecified atom stereocenters. The van der Waals surface area contributed by atoms with Gasteiger partial charge in [-0.25, -0.2) is 4.79 Å². The molecule has 3 amide bonds. The Morgan fingerprint density at radius 3 is 3.00 bits per heavy atom. The van der Waals surface area contributed by atoms with Gasteiger partial charge in [0.25, 0.3) is 0 Å². The van der Waals surface area contributed by atoms with E-state index in [1.165, 1.54) is 0 Å². The van der Waals surface area contributed by atoms with Crippen LogP contribution in [0.15, 0.2) is 23.1 Å². The Morgan fingerprint density at radius 1 is 1.43 bits per heavy atom. The summed E-state index contributed by atoms with van der Waals surface area (Å²) < 4.78 is 0. The molecule has 7 heteroatoms. The molecule has 1 atom stereocenters. The van der Waals surface area contributed by atoms with Gasteiger partial charge in [-0.2, -0.15) is 0 Å². The number of benzene rings is 1. The number of rotatable bonds is 5. The van der Waals surface area contributed by atoms with Gasteiger partial charge in [-0.1, -0.05) is 11.6 Å². The molecule has 2 rings (SSSR count). The largest absolute Gasteiger partial charge is 0.370 e. The van der Waals surface area contributed by atoms with Crippen LogP contribution in [0.1, 0.15) is 30.9 Å². The van der Waals surface area contributed by atoms with E-state index < -0.39 is 0 Å². The quantitative estimate of drug-likeness (QED) is 0.726. The zero-order valence-electron chi connectivity index (χ0n) is 11.5. The lowest BCUT2D eigenvalue weighted by atomic mass is 10.0. The van der Waals surface area contributed by atoms with Gasteiger partial charge >= 0.3 is 6.03 Å². The van der Waals surface area contributed by atoms with E-state index >= 15 is 0 Å². The van der Waals surface area contributed by atoms with E-state index in [9.17, 15) is 9.59 Å². The molecule has 1 aromatic carbocycles. The van der Waals surface area contributed by atoms with Crippen molar-refractivity contribution in [1.82, 2.24) is 10.6 Å². The van der Waals surface area contributed by atoms with E-state index in [0.717, 1.165) is 22.6 Å². The highest BCUT2D eigenvalue weighted by molar-refractivity contribution is 7.99. The molecule has 0 aliphatic carbocycles. The van der Waals surface area contributed by atoms with Crippen molar-refractivity contribution in [3.05, 3.63) is 28.8 Å². The first-order valence-corrected chi connectivity index (χ1v) is 8.17. The SMILES string of the molecule is NC(=O)CCCNC(=O)N[C@H]1CCSc2ccc(Cl)cc21. The summed E-state index contributed by atoms with van der Waals surface area (Å²) in [5.41, 5.74) is 6.11. The van der Waals surface area contributed by atoms with Crippen LogP contribution in [-0.2, 0) is 4.79 Å². The fourth-order valence-corrected chi connectivity index (χ4v) is 3.48. The Balaban J connectivity index is 1.88. The molecule has 0 fully saturated rings. The van der Waals surface area contributed by atoms with Crippen LogP contribution in [0.5, 0.6) is 0 Å². The predicted octanol–water partition coefficient (Wildman–Crippen LogP) is 2.44. The van der Waals surface area contributed by atoms with Crippen LogP contribution in [0.3, 0.4) is 0 Å². The molecular weight excluding hydrogens is 310 g/mol. The molecule has 1 aliphatic rings. The minimum Gasteiger partial charge on any atom is -0.370 e. The summed E-state index contributed by atoms with van der Waals surface area (Å²) in [5, 5.41) is 6.36. The molecule has 0 aromatic heterocycles. The molecule has 1 heterocycles. The molecule has 5 nitrogen and oxygen atoms in total. The number of thioether (sulfide) groups is 1. The molecule has 21 heavy (non-hydrogen) atoms. The van der Waals surface area contributed by atoms with E-state index in [0.29, 0.717) is 18.0 Å². The highest BCUT2D eigenvalue weighted by Crippen LogP contribution is 2.37. The first-order chi connectivity index (χ1) is 10.1. The molecular formula is C14H18ClN3O2S. The van der Waals surface area contributed by atoms with Gasteiger partial charge < -0.3 is 16.4 Å². The van der Waals surface area contributed by atoms with Gasteiger partial charge in [-0.15, -0.1) is 11.8 Å². The molecule has 0 saturated carbocycles. The number of nitrogens with two attached hydrogens (primary N) is 1. The number of fused-ring (bicyclic) bond motifs is 1. The van der Waals surface area contributed by atoms with Crippen molar-refractivity contribution in [2.75, 3.05) is 12.3 Å². The third kappa shape index (κ3) is 4.82. The first kappa shape index (κ1) is 16.0. The minimum atomic E-state index is -0.356. The molecule has 1 aromatic rings. The third-order valence-corrected chi connectivity index (χ3v) is 4.56. The van der Waals surface area contributed by atoms with Crippen LogP contribution in [0, 0.1) is 0 Å². The molecule has 0 bridgehead atoms. The van der Waals surface area contributed by atoms with Gasteiger partial charge in [0.15, 0.2) is 0 Å². The van der Waals surface area contributed by atoms with E-state index in [4.69, 9.17) is 17.3 Å². The third-order valence-electron chi connectivity index (χ3n) is 3.20. The molecule has 0 radical (unpaired) electrons. The number of carbonyl (C=O) groups excluding carboxylic acids is 2. The average molecular weight is 328 g/mol. The zero-order valence-corrected chi connectivity index (χ0v) is 13.1. The fraction of sp³-hybridized carbons (Fsp3) is 0.429. The number of hydrogen-bond donors (Lipinski definition) is 3. The number of amides is 3. The molecule has 0 spiro atoms. The Morgan fingerprint density at radius 2 is 2.24 bits per heavy atom. The van der Waals surface area contributed by atoms with E-state index in [-0.39, 0.29) is 24.4 Å². The maximum absolute atomic E-state index is 11.9. The Hall–Kier alpha value is -1.40. The molecule has 1 aliphatic heterocycles. The van der Waals surface area contributed by atoms with Gasteiger partial charge in [0.05, 0.1) is 6.04 Å². The number of urea groups is 1. The lowest BCUT2D eigenvalue weighted by molar-refractivity contribution is -0.118. The van der Waals surface area contributed by atoms with Crippen LogP contribution in [0.4, 0.5) is 4.79 Å². The smallest absolute Gasteiger partial charge is 0.315 e. The van der Waals surface area contributed by atoms with Crippen molar-refractivity contribution in [2.45, 2.75) is 30.2 Å². The van der Waals surface area contributed by atoms with Crippen molar-refractivity contribution in [1.29, 1.82) is 0 Å². The fourth-order valence-electron chi connectivity index (χ4n) is 2.19. The van der Waals surface area contributed by atoms with Gasteiger partial charge in [0.1, 0.15) is 0 Å². The summed E-state index contributed by atoms with van der Waals surface area (Å²) in [6, 6.07) is 5.49. The van der Waals surface area contributed by atoms with Crippen LogP contribution < -0.4 is 16.4 Å². The van der Waals surface area contributed by atoms with Crippen molar-refractivity contribution in [3.63, 3.8) is 0 Å². The maximum Gasteiger partial charge on any atom is 0.315 e. The number of nitrogens with one attached hydrogen (secondary N) is 2. The topological polar surface area (TPSA) is 84.2 Å². The van der Waals surface area contributed by atoms with E-state index in [1.807, 2.05) is 18.2 Å². The second-order valence-electron chi connectivity index (χ2n) is 4.84. The zero-order chi connectivity index (χ0) is 15.2. The predicted molar refractivity (Wildman–Crippen MR) is 84.5 cm³/mol. The lowest BCUT2D eigenvalue weighted by Gasteiger charge is -2.26. The highest BCUT2D eigenvalue weighted by Gasteiger charge is 2.22. The van der Waals surface area contributed by atoms with Crippen LogP contribution in [-0.4, -0.2) is 24.2 Å². The van der Waals surface area contributed by atoms with E-state index in [1.54, 1.807) is 11.8 Å². The summed E-state index contributed by atoms with van der Waals surface area (Å²) in [6.45, 7) is 0.429. The van der Waals surface area contributed by atoms with Crippen molar-refractivity contribution in [3.8, 4) is 0 Å². The number of hydrogen-bond acceptors (Lipinski definition) is 3. The average Bonchev–Trinajstić information content (AvgIpc) is 2.44. The normalized spacial score (nSPS) is 16.9. The van der Waals surface area contributed by atoms with Crippen molar-refractivity contribution < 1.29 is 9.59 Å². The second kappa shape index (κ2) is 7.56. The minimum absolute atomic E-state index is 0.0314. The maximum atomic E-state index is 11.9.